The van der Waals surface area contributed by atoms with Gasteiger partial charge in [-0.25, -0.2) is 4.39 Å². The number of aryl methyl sites for hydroxylation is 3. The van der Waals surface area contributed by atoms with E-state index in [1.807, 2.05) is 6.07 Å². The molecule has 0 bridgehead atoms. The van der Waals surface area contributed by atoms with Crippen LogP contribution in [0.5, 0.6) is 5.75 Å². The van der Waals surface area contributed by atoms with Crippen molar-refractivity contribution in [2.45, 2.75) is 119 Å². The fraction of sp³-hybridized carbons (Fsp3) is 0.538. The molecule has 0 radical (unpaired) electrons. The normalized spacial score (nSPS) is 17.6. The highest BCUT2D eigenvalue weighted by molar-refractivity contribution is 5.76. The van der Waals surface area contributed by atoms with Crippen molar-refractivity contribution in [1.29, 1.82) is 0 Å². The molecule has 0 atom stereocenters. The van der Waals surface area contributed by atoms with Crippen LogP contribution in [0.1, 0.15) is 122 Å². The van der Waals surface area contributed by atoms with Crippen molar-refractivity contribution in [3.63, 3.8) is 0 Å². The molecule has 1 aliphatic rings. The largest absolute Gasteiger partial charge is 0.492 e. The Bertz CT molecular complexity index is 1260. The Hall–Kier alpha value is -2.61. The molecule has 1 saturated carbocycles. The molecule has 0 unspecified atom stereocenters. The van der Waals surface area contributed by atoms with Crippen molar-refractivity contribution in [3.05, 3.63) is 76.6 Å². The van der Waals surface area contributed by atoms with Crippen LogP contribution in [0.15, 0.2) is 48.5 Å². The van der Waals surface area contributed by atoms with Gasteiger partial charge in [0.25, 0.3) is 0 Å². The zero-order valence-electron chi connectivity index (χ0n) is 26.8. The Morgan fingerprint density at radius 1 is 0.683 bits per heavy atom. The van der Waals surface area contributed by atoms with Gasteiger partial charge >= 0.3 is 0 Å². The van der Waals surface area contributed by atoms with Crippen LogP contribution in [0.25, 0.3) is 22.3 Å². The molecule has 1 aliphatic carbocycles. The summed E-state index contributed by atoms with van der Waals surface area (Å²) in [5.74, 6) is 2.29. The number of ether oxygens (including phenoxy) is 1. The van der Waals surface area contributed by atoms with E-state index >= 15 is 4.39 Å². The zero-order valence-corrected chi connectivity index (χ0v) is 26.8. The zero-order chi connectivity index (χ0) is 29.6. The molecule has 1 fully saturated rings. The molecule has 0 N–H and O–H groups in total. The van der Waals surface area contributed by atoms with Gasteiger partial charge in [0.15, 0.2) is 0 Å². The maximum atomic E-state index is 15.5. The molecule has 2 heteroatoms. The predicted molar refractivity (Wildman–Crippen MR) is 175 cm³/mol. The van der Waals surface area contributed by atoms with E-state index in [1.54, 1.807) is 6.07 Å². The van der Waals surface area contributed by atoms with Crippen molar-refractivity contribution in [2.24, 2.45) is 11.3 Å². The van der Waals surface area contributed by atoms with Gasteiger partial charge in [-0.1, -0.05) is 91.6 Å². The number of hydrogen-bond donors (Lipinski definition) is 0. The predicted octanol–water partition coefficient (Wildman–Crippen LogP) is 11.7. The summed E-state index contributed by atoms with van der Waals surface area (Å²) in [4.78, 5) is 0. The summed E-state index contributed by atoms with van der Waals surface area (Å²) in [6, 6.07) is 17.2. The highest BCUT2D eigenvalue weighted by Gasteiger charge is 2.26. The Balaban J connectivity index is 1.64. The van der Waals surface area contributed by atoms with Crippen LogP contribution >= 0.6 is 0 Å². The lowest BCUT2D eigenvalue weighted by Gasteiger charge is -2.31. The Morgan fingerprint density at radius 3 is 1.78 bits per heavy atom. The van der Waals surface area contributed by atoms with E-state index in [0.29, 0.717) is 11.5 Å². The minimum atomic E-state index is -0.0960. The van der Waals surface area contributed by atoms with Gasteiger partial charge in [-0.15, -0.1) is 0 Å². The Labute approximate surface area is 249 Å². The Kier molecular flexibility index (Phi) is 10.7. The monoisotopic (exact) mass is 556 g/mol. The fourth-order valence-electron chi connectivity index (χ4n) is 6.85. The summed E-state index contributed by atoms with van der Waals surface area (Å²) >= 11 is 0. The maximum absolute atomic E-state index is 15.5. The molecular weight excluding hydrogens is 503 g/mol. The first kappa shape index (κ1) is 31.3. The van der Waals surface area contributed by atoms with Gasteiger partial charge in [-0.2, -0.15) is 0 Å². The summed E-state index contributed by atoms with van der Waals surface area (Å²) in [6.45, 7) is 16.6. The second kappa shape index (κ2) is 14.0. The highest BCUT2D eigenvalue weighted by atomic mass is 19.1. The summed E-state index contributed by atoms with van der Waals surface area (Å²) < 4.78 is 22.1. The molecule has 222 valence electrons. The fourth-order valence-corrected chi connectivity index (χ4v) is 6.85. The standard InChI is InChI=1S/C39H53FO/c1-8-28-22-33(36-21-18-32(25-37(36)40)31-16-14-27(7)15-17-31)19-20-35(28)34-23-29(9-2)38(30(10-3)24-34)41-26-39(11-4,12-5)13-6/h18-25,27,31H,8-17,26H2,1-7H3. The molecule has 1 nitrogen and oxygen atoms in total. The quantitative estimate of drug-likeness (QED) is 0.215. The van der Waals surface area contributed by atoms with E-state index in [2.05, 4.69) is 84.9 Å². The summed E-state index contributed by atoms with van der Waals surface area (Å²) in [7, 11) is 0. The van der Waals surface area contributed by atoms with Crippen LogP contribution in [-0.4, -0.2) is 6.61 Å². The van der Waals surface area contributed by atoms with Gasteiger partial charge in [-0.3, -0.25) is 0 Å². The first-order chi connectivity index (χ1) is 19.8. The third-order valence-corrected chi connectivity index (χ3v) is 10.4. The van der Waals surface area contributed by atoms with Gasteiger partial charge < -0.3 is 4.74 Å². The summed E-state index contributed by atoms with van der Waals surface area (Å²) in [5, 5.41) is 0. The third kappa shape index (κ3) is 6.90. The van der Waals surface area contributed by atoms with Gasteiger partial charge in [0.1, 0.15) is 11.6 Å². The lowest BCUT2D eigenvalue weighted by molar-refractivity contribution is 0.126. The van der Waals surface area contributed by atoms with E-state index in [0.717, 1.165) is 62.4 Å². The van der Waals surface area contributed by atoms with Crippen LogP contribution in [-0.2, 0) is 19.3 Å². The molecule has 0 aliphatic heterocycles. The summed E-state index contributed by atoms with van der Waals surface area (Å²) in [6.07, 6.45) is 11.0. The van der Waals surface area contributed by atoms with Crippen molar-refractivity contribution < 1.29 is 9.13 Å². The average molecular weight is 557 g/mol. The van der Waals surface area contributed by atoms with E-state index in [1.165, 1.54) is 59.1 Å². The van der Waals surface area contributed by atoms with Crippen molar-refractivity contribution >= 4 is 0 Å². The van der Waals surface area contributed by atoms with Crippen LogP contribution in [0.2, 0.25) is 0 Å². The van der Waals surface area contributed by atoms with Crippen LogP contribution in [0.4, 0.5) is 4.39 Å². The van der Waals surface area contributed by atoms with Crippen LogP contribution < -0.4 is 4.74 Å². The Morgan fingerprint density at radius 2 is 1.24 bits per heavy atom. The molecule has 3 aromatic rings. The number of halogens is 1. The molecular formula is C39H53FO. The molecule has 0 amide bonds. The minimum absolute atomic E-state index is 0.0960. The van der Waals surface area contributed by atoms with Crippen molar-refractivity contribution in [2.75, 3.05) is 6.61 Å². The first-order valence-electron chi connectivity index (χ1n) is 16.5. The highest BCUT2D eigenvalue weighted by Crippen LogP contribution is 2.40. The number of benzene rings is 3. The molecule has 4 rings (SSSR count). The SMILES string of the molecule is CCc1cc(-c2ccc(C3CCC(C)CC3)cc2F)ccc1-c1cc(CC)c(OCC(CC)(CC)CC)c(CC)c1. The third-order valence-electron chi connectivity index (χ3n) is 10.4. The van der Waals surface area contributed by atoms with E-state index in [-0.39, 0.29) is 11.2 Å². The maximum Gasteiger partial charge on any atom is 0.131 e. The molecule has 41 heavy (non-hydrogen) atoms. The minimum Gasteiger partial charge on any atom is -0.492 e. The van der Waals surface area contributed by atoms with Crippen LogP contribution in [0, 0.1) is 17.2 Å². The number of rotatable bonds is 12. The van der Waals surface area contributed by atoms with Crippen LogP contribution in [0.3, 0.4) is 0 Å². The van der Waals surface area contributed by atoms with E-state index < -0.39 is 0 Å². The van der Waals surface area contributed by atoms with Crippen molar-refractivity contribution in [3.8, 4) is 28.0 Å². The van der Waals surface area contributed by atoms with Gasteiger partial charge in [0, 0.05) is 11.0 Å². The average Bonchev–Trinajstić information content (AvgIpc) is 3.01. The number of hydrogen-bond acceptors (Lipinski definition) is 1. The second-order valence-electron chi connectivity index (χ2n) is 12.6. The topological polar surface area (TPSA) is 9.23 Å². The lowest BCUT2D eigenvalue weighted by Crippen LogP contribution is -2.27. The van der Waals surface area contributed by atoms with Gasteiger partial charge in [-0.05, 0) is 120 Å². The van der Waals surface area contributed by atoms with Gasteiger partial charge in [0.05, 0.1) is 6.61 Å². The smallest absolute Gasteiger partial charge is 0.131 e. The van der Waals surface area contributed by atoms with Gasteiger partial charge in [0.2, 0.25) is 0 Å². The molecule has 0 spiro atoms. The van der Waals surface area contributed by atoms with E-state index in [9.17, 15) is 0 Å². The molecule has 0 aromatic heterocycles. The lowest BCUT2D eigenvalue weighted by atomic mass is 9.79. The molecule has 0 heterocycles. The molecule has 3 aromatic carbocycles. The first-order valence-corrected chi connectivity index (χ1v) is 16.5. The molecule has 0 saturated heterocycles. The summed E-state index contributed by atoms with van der Waals surface area (Å²) in [5.41, 5.74) is 9.37. The second-order valence-corrected chi connectivity index (χ2v) is 12.6. The van der Waals surface area contributed by atoms with Crippen molar-refractivity contribution in [1.82, 2.24) is 0 Å². The van der Waals surface area contributed by atoms with E-state index in [4.69, 9.17) is 4.74 Å².